The summed E-state index contributed by atoms with van der Waals surface area (Å²) in [6, 6.07) is 15.5. The minimum absolute atomic E-state index is 0.0381. The first-order valence-electron chi connectivity index (χ1n) is 8.30. The molecule has 1 saturated heterocycles. The van der Waals surface area contributed by atoms with Crippen LogP contribution in [0, 0.1) is 0 Å². The lowest BCUT2D eigenvalue weighted by molar-refractivity contribution is -0.117. The number of hydrogen-bond donors (Lipinski definition) is 0. The normalized spacial score (nSPS) is 17.4. The van der Waals surface area contributed by atoms with Gasteiger partial charge in [-0.05, 0) is 24.3 Å². The van der Waals surface area contributed by atoms with E-state index in [0.29, 0.717) is 24.5 Å². The maximum Gasteiger partial charge on any atom is 0.227 e. The van der Waals surface area contributed by atoms with Gasteiger partial charge in [0.1, 0.15) is 5.82 Å². The first kappa shape index (κ1) is 15.9. The summed E-state index contributed by atoms with van der Waals surface area (Å²) in [6.45, 7) is 5.12. The summed E-state index contributed by atoms with van der Waals surface area (Å²) < 4.78 is 2.15. The predicted molar refractivity (Wildman–Crippen MR) is 101 cm³/mol. The van der Waals surface area contributed by atoms with E-state index in [1.165, 1.54) is 0 Å². The minimum Gasteiger partial charge on any atom is -0.324 e. The van der Waals surface area contributed by atoms with Crippen molar-refractivity contribution < 1.29 is 4.79 Å². The fourth-order valence-electron chi connectivity index (χ4n) is 3.51. The summed E-state index contributed by atoms with van der Waals surface area (Å²) >= 11 is 6.28. The second-order valence-electron chi connectivity index (χ2n) is 6.21. The standard InChI is InChI=1S/C20H18ClN3O/c1-2-11-23-18-10-6-4-8-16(18)22-20(23)14-12-19(25)24(13-14)17-9-5-3-7-15(17)21/h2-10,14H,1,11-13H2/t14-/m1/s1. The second kappa shape index (κ2) is 6.37. The van der Waals surface area contributed by atoms with Gasteiger partial charge in [-0.3, -0.25) is 4.79 Å². The van der Waals surface area contributed by atoms with E-state index in [0.717, 1.165) is 22.5 Å². The summed E-state index contributed by atoms with van der Waals surface area (Å²) in [6.07, 6.45) is 2.30. The van der Waals surface area contributed by atoms with Crippen molar-refractivity contribution in [1.82, 2.24) is 9.55 Å². The first-order valence-corrected chi connectivity index (χ1v) is 8.68. The molecular formula is C20H18ClN3O. The number of anilines is 1. The van der Waals surface area contributed by atoms with E-state index in [1.54, 1.807) is 4.90 Å². The number of benzene rings is 2. The molecule has 25 heavy (non-hydrogen) atoms. The second-order valence-corrected chi connectivity index (χ2v) is 6.62. The molecule has 2 heterocycles. The van der Waals surface area contributed by atoms with E-state index >= 15 is 0 Å². The predicted octanol–water partition coefficient (Wildman–Crippen LogP) is 4.40. The zero-order valence-electron chi connectivity index (χ0n) is 13.7. The number of rotatable bonds is 4. The van der Waals surface area contributed by atoms with Crippen LogP contribution in [0.2, 0.25) is 5.02 Å². The third kappa shape index (κ3) is 2.72. The summed E-state index contributed by atoms with van der Waals surface area (Å²) in [4.78, 5) is 19.2. The van der Waals surface area contributed by atoms with Gasteiger partial charge >= 0.3 is 0 Å². The smallest absolute Gasteiger partial charge is 0.227 e. The van der Waals surface area contributed by atoms with E-state index in [-0.39, 0.29) is 11.8 Å². The molecule has 0 N–H and O–H groups in total. The Bertz CT molecular complexity index is 962. The Morgan fingerprint density at radius 2 is 1.96 bits per heavy atom. The lowest BCUT2D eigenvalue weighted by atomic mass is 10.1. The highest BCUT2D eigenvalue weighted by Crippen LogP contribution is 2.35. The number of hydrogen-bond acceptors (Lipinski definition) is 2. The van der Waals surface area contributed by atoms with Gasteiger partial charge in [-0.2, -0.15) is 0 Å². The number of carbonyl (C=O) groups is 1. The topological polar surface area (TPSA) is 38.1 Å². The van der Waals surface area contributed by atoms with Gasteiger partial charge in [-0.1, -0.05) is 41.9 Å². The van der Waals surface area contributed by atoms with Crippen molar-refractivity contribution in [2.24, 2.45) is 0 Å². The molecule has 1 aliphatic heterocycles. The molecule has 4 nitrogen and oxygen atoms in total. The van der Waals surface area contributed by atoms with Gasteiger partial charge < -0.3 is 9.47 Å². The third-order valence-electron chi connectivity index (χ3n) is 4.63. The minimum atomic E-state index is 0.0381. The van der Waals surface area contributed by atoms with Crippen LogP contribution >= 0.6 is 11.6 Å². The van der Waals surface area contributed by atoms with Gasteiger partial charge in [-0.15, -0.1) is 6.58 Å². The summed E-state index contributed by atoms with van der Waals surface area (Å²) in [5, 5.41) is 0.594. The Hall–Kier alpha value is -2.59. The quantitative estimate of drug-likeness (QED) is 0.653. The van der Waals surface area contributed by atoms with Crippen LogP contribution in [0.5, 0.6) is 0 Å². The molecule has 0 radical (unpaired) electrons. The molecule has 1 aliphatic rings. The Labute approximate surface area is 151 Å². The van der Waals surface area contributed by atoms with E-state index in [4.69, 9.17) is 16.6 Å². The number of aromatic nitrogens is 2. The van der Waals surface area contributed by atoms with Crippen LogP contribution in [-0.2, 0) is 11.3 Å². The summed E-state index contributed by atoms with van der Waals surface area (Å²) in [5.41, 5.74) is 2.78. The van der Waals surface area contributed by atoms with Crippen molar-refractivity contribution in [2.75, 3.05) is 11.4 Å². The van der Waals surface area contributed by atoms with Crippen LogP contribution in [0.3, 0.4) is 0 Å². The highest BCUT2D eigenvalue weighted by atomic mass is 35.5. The molecule has 1 amide bonds. The highest BCUT2D eigenvalue weighted by molar-refractivity contribution is 6.33. The fourth-order valence-corrected chi connectivity index (χ4v) is 3.75. The first-order chi connectivity index (χ1) is 12.2. The van der Waals surface area contributed by atoms with Crippen LogP contribution in [0.4, 0.5) is 5.69 Å². The Morgan fingerprint density at radius 3 is 2.76 bits per heavy atom. The SMILES string of the molecule is C=CCn1c([C@@H]2CC(=O)N(c3ccccc3Cl)C2)nc2ccccc21. The molecular weight excluding hydrogens is 334 g/mol. The summed E-state index contributed by atoms with van der Waals surface area (Å²) in [5.74, 6) is 1.05. The van der Waals surface area contributed by atoms with E-state index in [2.05, 4.69) is 17.2 Å². The molecule has 0 saturated carbocycles. The average Bonchev–Trinajstić information content (AvgIpc) is 3.17. The van der Waals surface area contributed by atoms with Gasteiger partial charge in [0, 0.05) is 25.4 Å². The lowest BCUT2D eigenvalue weighted by Crippen LogP contribution is -2.24. The van der Waals surface area contributed by atoms with Gasteiger partial charge in [0.25, 0.3) is 0 Å². The van der Waals surface area contributed by atoms with Crippen LogP contribution in [0.15, 0.2) is 61.2 Å². The van der Waals surface area contributed by atoms with Gasteiger partial charge in [-0.25, -0.2) is 4.98 Å². The molecule has 3 aromatic rings. The average molecular weight is 352 g/mol. The number of para-hydroxylation sites is 3. The van der Waals surface area contributed by atoms with E-state index < -0.39 is 0 Å². The van der Waals surface area contributed by atoms with E-state index in [1.807, 2.05) is 48.5 Å². The number of carbonyl (C=O) groups excluding carboxylic acids is 1. The Kier molecular flexibility index (Phi) is 4.06. The van der Waals surface area contributed by atoms with Crippen LogP contribution in [-0.4, -0.2) is 22.0 Å². The summed E-state index contributed by atoms with van der Waals surface area (Å²) in [7, 11) is 0. The molecule has 2 aromatic carbocycles. The fraction of sp³-hybridized carbons (Fsp3) is 0.200. The molecule has 1 atom stereocenters. The third-order valence-corrected chi connectivity index (χ3v) is 4.95. The number of halogens is 1. The number of nitrogens with zero attached hydrogens (tertiary/aromatic N) is 3. The monoisotopic (exact) mass is 351 g/mol. The molecule has 0 aliphatic carbocycles. The molecule has 5 heteroatoms. The lowest BCUT2D eigenvalue weighted by Gasteiger charge is -2.18. The van der Waals surface area contributed by atoms with Crippen molar-refractivity contribution >= 4 is 34.2 Å². The van der Waals surface area contributed by atoms with Crippen molar-refractivity contribution in [3.8, 4) is 0 Å². The Morgan fingerprint density at radius 1 is 1.20 bits per heavy atom. The van der Waals surface area contributed by atoms with Crippen LogP contribution in [0.1, 0.15) is 18.2 Å². The number of fused-ring (bicyclic) bond motifs is 1. The molecule has 1 aromatic heterocycles. The van der Waals surface area contributed by atoms with Crippen LogP contribution in [0.25, 0.3) is 11.0 Å². The van der Waals surface area contributed by atoms with E-state index in [9.17, 15) is 4.79 Å². The zero-order chi connectivity index (χ0) is 17.4. The Balaban J connectivity index is 1.73. The van der Waals surface area contributed by atoms with Gasteiger partial charge in [0.05, 0.1) is 21.7 Å². The highest BCUT2D eigenvalue weighted by Gasteiger charge is 2.35. The van der Waals surface area contributed by atoms with Gasteiger partial charge in [0.15, 0.2) is 0 Å². The number of allylic oxidation sites excluding steroid dienone is 1. The molecule has 1 fully saturated rings. The van der Waals surface area contributed by atoms with Crippen molar-refractivity contribution in [2.45, 2.75) is 18.9 Å². The molecule has 4 rings (SSSR count). The number of amides is 1. The maximum atomic E-state index is 12.6. The number of imidazole rings is 1. The molecule has 0 spiro atoms. The zero-order valence-corrected chi connectivity index (χ0v) is 14.5. The van der Waals surface area contributed by atoms with Crippen molar-refractivity contribution in [1.29, 1.82) is 0 Å². The van der Waals surface area contributed by atoms with Crippen molar-refractivity contribution in [3.05, 3.63) is 72.0 Å². The molecule has 0 unspecified atom stereocenters. The van der Waals surface area contributed by atoms with Crippen LogP contribution < -0.4 is 4.90 Å². The van der Waals surface area contributed by atoms with Gasteiger partial charge in [0.2, 0.25) is 5.91 Å². The van der Waals surface area contributed by atoms with Crippen molar-refractivity contribution in [3.63, 3.8) is 0 Å². The largest absolute Gasteiger partial charge is 0.324 e. The molecule has 126 valence electrons. The molecule has 0 bridgehead atoms. The maximum absolute atomic E-state index is 12.6.